The topological polar surface area (TPSA) is 70.2 Å². The van der Waals surface area contributed by atoms with Gasteiger partial charge in [-0.1, -0.05) is 0 Å². The van der Waals surface area contributed by atoms with Gasteiger partial charge in [-0.25, -0.2) is 14.8 Å². The Morgan fingerprint density at radius 3 is 2.94 bits per heavy atom. The highest BCUT2D eigenvalue weighted by Crippen LogP contribution is 2.21. The Labute approximate surface area is 98.2 Å². The summed E-state index contributed by atoms with van der Waals surface area (Å²) < 4.78 is 12.0. The van der Waals surface area contributed by atoms with E-state index in [2.05, 4.69) is 9.97 Å². The van der Waals surface area contributed by atoms with E-state index >= 15 is 0 Å². The highest BCUT2D eigenvalue weighted by atomic mass is 16.5. The van der Waals surface area contributed by atoms with Crippen LogP contribution in [0.2, 0.25) is 0 Å². The number of ether oxygens (including phenoxy) is 1. The third kappa shape index (κ3) is 2.06. The summed E-state index contributed by atoms with van der Waals surface area (Å²) in [5, 5.41) is 0. The van der Waals surface area contributed by atoms with Crippen LogP contribution in [0.4, 0.5) is 0 Å². The fourth-order valence-electron chi connectivity index (χ4n) is 1.46. The molecule has 2 aromatic heterocycles. The first-order chi connectivity index (χ1) is 8.13. The summed E-state index contributed by atoms with van der Waals surface area (Å²) in [6.45, 7) is 3.75. The molecule has 0 atom stereocenters. The quantitative estimate of drug-likeness (QED) is 0.755. The Morgan fingerprint density at radius 1 is 1.59 bits per heavy atom. The number of hydrogen-bond acceptors (Lipinski definition) is 5. The first-order valence-corrected chi connectivity index (χ1v) is 5.24. The summed E-state index contributed by atoms with van der Waals surface area (Å²) in [7, 11) is 1.83. The molecule has 0 fully saturated rings. The summed E-state index contributed by atoms with van der Waals surface area (Å²) in [5.41, 5.74) is 1.23. The summed E-state index contributed by atoms with van der Waals surface area (Å²) in [4.78, 5) is 19.7. The Morgan fingerprint density at radius 2 is 2.35 bits per heavy atom. The van der Waals surface area contributed by atoms with Crippen LogP contribution in [-0.4, -0.2) is 27.1 Å². The molecule has 2 heterocycles. The van der Waals surface area contributed by atoms with Crippen molar-refractivity contribution >= 4 is 5.97 Å². The number of oxazole rings is 1. The predicted octanol–water partition coefficient (Wildman–Crippen LogP) is 1.56. The summed E-state index contributed by atoms with van der Waals surface area (Å²) in [6.07, 6.45) is 3.26. The number of nitrogens with zero attached hydrogens (tertiary/aromatic N) is 3. The van der Waals surface area contributed by atoms with E-state index in [4.69, 9.17) is 9.15 Å². The first-order valence-electron chi connectivity index (χ1n) is 5.24. The van der Waals surface area contributed by atoms with Crippen molar-refractivity contribution in [2.24, 2.45) is 7.05 Å². The molecule has 0 unspecified atom stereocenters. The standard InChI is InChI=1S/C11H13N3O3/c1-4-16-11(15)9-7(2)13-10(17-9)8-5-12-6-14(8)3/h5-6H,4H2,1-3H3. The zero-order chi connectivity index (χ0) is 12.4. The van der Waals surface area contributed by atoms with Crippen LogP contribution < -0.4 is 0 Å². The molecule has 0 aliphatic carbocycles. The number of rotatable bonds is 3. The Bertz CT molecular complexity index is 542. The van der Waals surface area contributed by atoms with E-state index in [1.54, 1.807) is 30.9 Å². The van der Waals surface area contributed by atoms with Gasteiger partial charge in [0.1, 0.15) is 5.69 Å². The smallest absolute Gasteiger partial charge is 0.376 e. The maximum atomic E-state index is 11.6. The zero-order valence-corrected chi connectivity index (χ0v) is 9.93. The van der Waals surface area contributed by atoms with Crippen molar-refractivity contribution < 1.29 is 13.9 Å². The molecular weight excluding hydrogens is 222 g/mol. The minimum absolute atomic E-state index is 0.142. The van der Waals surface area contributed by atoms with Crippen LogP contribution in [0.3, 0.4) is 0 Å². The largest absolute Gasteiger partial charge is 0.460 e. The molecule has 0 aliphatic rings. The van der Waals surface area contributed by atoms with Crippen molar-refractivity contribution in [1.82, 2.24) is 14.5 Å². The van der Waals surface area contributed by atoms with Crippen LogP contribution in [0.25, 0.3) is 11.6 Å². The van der Waals surface area contributed by atoms with Crippen molar-refractivity contribution in [2.75, 3.05) is 6.61 Å². The van der Waals surface area contributed by atoms with Gasteiger partial charge < -0.3 is 13.7 Å². The Kier molecular flexibility index (Phi) is 2.95. The van der Waals surface area contributed by atoms with E-state index < -0.39 is 5.97 Å². The summed E-state index contributed by atoms with van der Waals surface area (Å²) in [6, 6.07) is 0. The second-order valence-corrected chi connectivity index (χ2v) is 3.54. The van der Waals surface area contributed by atoms with Gasteiger partial charge in [-0.2, -0.15) is 0 Å². The van der Waals surface area contributed by atoms with Gasteiger partial charge in [0.2, 0.25) is 11.7 Å². The minimum Gasteiger partial charge on any atom is -0.460 e. The van der Waals surface area contributed by atoms with Crippen LogP contribution in [0.1, 0.15) is 23.2 Å². The van der Waals surface area contributed by atoms with Gasteiger partial charge in [0.15, 0.2) is 0 Å². The molecule has 0 spiro atoms. The number of aromatic nitrogens is 3. The fourth-order valence-corrected chi connectivity index (χ4v) is 1.46. The number of hydrogen-bond donors (Lipinski definition) is 0. The molecule has 0 bridgehead atoms. The Hall–Kier alpha value is -2.11. The number of aryl methyl sites for hydroxylation is 2. The maximum Gasteiger partial charge on any atom is 0.376 e. The SMILES string of the molecule is CCOC(=O)c1oc(-c2cncn2C)nc1C. The van der Waals surface area contributed by atoms with Gasteiger partial charge in [-0.15, -0.1) is 0 Å². The molecule has 0 radical (unpaired) electrons. The van der Waals surface area contributed by atoms with E-state index in [0.29, 0.717) is 23.9 Å². The lowest BCUT2D eigenvalue weighted by atomic mass is 10.4. The monoisotopic (exact) mass is 235 g/mol. The van der Waals surface area contributed by atoms with Crippen LogP contribution in [0, 0.1) is 6.92 Å². The van der Waals surface area contributed by atoms with E-state index in [0.717, 1.165) is 0 Å². The van der Waals surface area contributed by atoms with Gasteiger partial charge in [-0.3, -0.25) is 0 Å². The molecule has 6 heteroatoms. The van der Waals surface area contributed by atoms with Gasteiger partial charge in [0, 0.05) is 7.05 Å². The average Bonchev–Trinajstić information content (AvgIpc) is 2.84. The van der Waals surface area contributed by atoms with E-state index in [9.17, 15) is 4.79 Å². The van der Waals surface area contributed by atoms with Crippen molar-refractivity contribution in [3.8, 4) is 11.6 Å². The fraction of sp³-hybridized carbons (Fsp3) is 0.364. The van der Waals surface area contributed by atoms with Crippen molar-refractivity contribution in [1.29, 1.82) is 0 Å². The zero-order valence-electron chi connectivity index (χ0n) is 9.93. The predicted molar refractivity (Wildman–Crippen MR) is 59.4 cm³/mol. The van der Waals surface area contributed by atoms with Gasteiger partial charge in [-0.05, 0) is 13.8 Å². The summed E-state index contributed by atoms with van der Waals surface area (Å²) in [5.74, 6) is 0.0134. The number of esters is 1. The minimum atomic E-state index is -0.495. The van der Waals surface area contributed by atoms with Gasteiger partial charge >= 0.3 is 5.97 Å². The highest BCUT2D eigenvalue weighted by molar-refractivity contribution is 5.87. The third-order valence-electron chi connectivity index (χ3n) is 2.29. The second kappa shape index (κ2) is 4.40. The molecule has 90 valence electrons. The molecule has 0 saturated heterocycles. The van der Waals surface area contributed by atoms with Crippen LogP contribution in [0.15, 0.2) is 16.9 Å². The van der Waals surface area contributed by atoms with Crippen molar-refractivity contribution in [3.63, 3.8) is 0 Å². The van der Waals surface area contributed by atoms with Crippen LogP contribution >= 0.6 is 0 Å². The van der Waals surface area contributed by atoms with E-state index in [1.165, 1.54) is 0 Å². The van der Waals surface area contributed by atoms with Gasteiger partial charge in [0.25, 0.3) is 0 Å². The van der Waals surface area contributed by atoms with Crippen molar-refractivity contribution in [3.05, 3.63) is 24.0 Å². The molecule has 0 aromatic carbocycles. The Balaban J connectivity index is 2.37. The molecule has 0 aliphatic heterocycles. The van der Waals surface area contributed by atoms with E-state index in [1.807, 2.05) is 7.05 Å². The average molecular weight is 235 g/mol. The molecule has 17 heavy (non-hydrogen) atoms. The molecule has 2 aromatic rings. The second-order valence-electron chi connectivity index (χ2n) is 3.54. The summed E-state index contributed by atoms with van der Waals surface area (Å²) >= 11 is 0. The third-order valence-corrected chi connectivity index (χ3v) is 2.29. The first kappa shape index (κ1) is 11.4. The molecule has 0 saturated carbocycles. The lowest BCUT2D eigenvalue weighted by molar-refractivity contribution is 0.0490. The number of carbonyl (C=O) groups excluding carboxylic acids is 1. The maximum absolute atomic E-state index is 11.6. The normalized spacial score (nSPS) is 10.5. The van der Waals surface area contributed by atoms with Crippen LogP contribution in [-0.2, 0) is 11.8 Å². The lowest BCUT2D eigenvalue weighted by Crippen LogP contribution is -2.04. The number of carbonyl (C=O) groups is 1. The van der Waals surface area contributed by atoms with Crippen molar-refractivity contribution in [2.45, 2.75) is 13.8 Å². The molecule has 2 rings (SSSR count). The van der Waals surface area contributed by atoms with Crippen LogP contribution in [0.5, 0.6) is 0 Å². The van der Waals surface area contributed by atoms with E-state index in [-0.39, 0.29) is 5.76 Å². The molecule has 0 N–H and O–H groups in total. The molecule has 6 nitrogen and oxygen atoms in total. The number of imidazole rings is 1. The lowest BCUT2D eigenvalue weighted by Gasteiger charge is -1.97. The highest BCUT2D eigenvalue weighted by Gasteiger charge is 2.20. The molecular formula is C11H13N3O3. The van der Waals surface area contributed by atoms with Gasteiger partial charge in [0.05, 0.1) is 24.8 Å². The molecule has 0 amide bonds.